The molecule has 26 heavy (non-hydrogen) atoms. The van der Waals surface area contributed by atoms with Crippen LogP contribution in [0, 0.1) is 0 Å². The standard InChI is InChI=1S/C19H15F3N2O2/c20-19(21,22)18-11-17(15-3-1-2-4-16(15)24-18)23-9-10-26-14-7-5-13(12-25)6-8-14/h1-8,11-12H,9-10H2,(H,23,24). The molecular formula is C19H15F3N2O2. The van der Waals surface area contributed by atoms with E-state index in [0.717, 1.165) is 12.4 Å². The molecule has 0 bridgehead atoms. The number of anilines is 1. The van der Waals surface area contributed by atoms with Crippen LogP contribution in [0.25, 0.3) is 10.9 Å². The lowest BCUT2D eigenvalue weighted by molar-refractivity contribution is -0.140. The molecule has 0 amide bonds. The van der Waals surface area contributed by atoms with E-state index in [1.165, 1.54) is 0 Å². The number of ether oxygens (including phenoxy) is 1. The summed E-state index contributed by atoms with van der Waals surface area (Å²) in [6.45, 7) is 0.555. The van der Waals surface area contributed by atoms with Gasteiger partial charge in [0.2, 0.25) is 0 Å². The first kappa shape index (κ1) is 17.7. The van der Waals surface area contributed by atoms with E-state index in [9.17, 15) is 18.0 Å². The second kappa shape index (κ2) is 7.43. The smallest absolute Gasteiger partial charge is 0.433 e. The Hall–Kier alpha value is -3.09. The Morgan fingerprint density at radius 3 is 2.50 bits per heavy atom. The van der Waals surface area contributed by atoms with Crippen LogP contribution < -0.4 is 10.1 Å². The highest BCUT2D eigenvalue weighted by atomic mass is 19.4. The predicted molar refractivity (Wildman–Crippen MR) is 92.6 cm³/mol. The SMILES string of the molecule is O=Cc1ccc(OCCNc2cc(C(F)(F)F)nc3ccccc23)cc1. The molecule has 0 atom stereocenters. The molecule has 0 radical (unpaired) electrons. The number of aromatic nitrogens is 1. The summed E-state index contributed by atoms with van der Waals surface area (Å²) in [5, 5.41) is 3.58. The van der Waals surface area contributed by atoms with E-state index in [1.807, 2.05) is 0 Å². The Bertz CT molecular complexity index is 909. The van der Waals surface area contributed by atoms with E-state index in [1.54, 1.807) is 48.5 Å². The molecule has 0 fully saturated rings. The molecule has 0 aliphatic carbocycles. The fraction of sp³-hybridized carbons (Fsp3) is 0.158. The number of carbonyl (C=O) groups is 1. The van der Waals surface area contributed by atoms with Crippen molar-refractivity contribution < 1.29 is 22.7 Å². The number of benzene rings is 2. The number of halogens is 3. The van der Waals surface area contributed by atoms with Gasteiger partial charge in [0.05, 0.1) is 5.52 Å². The van der Waals surface area contributed by atoms with Crippen molar-refractivity contribution in [3.05, 3.63) is 65.9 Å². The Morgan fingerprint density at radius 2 is 1.81 bits per heavy atom. The van der Waals surface area contributed by atoms with Gasteiger partial charge in [-0.05, 0) is 36.4 Å². The zero-order valence-corrected chi connectivity index (χ0v) is 13.6. The molecule has 0 saturated carbocycles. The number of hydrogen-bond acceptors (Lipinski definition) is 4. The Morgan fingerprint density at radius 1 is 1.08 bits per heavy atom. The van der Waals surface area contributed by atoms with E-state index >= 15 is 0 Å². The van der Waals surface area contributed by atoms with E-state index in [2.05, 4.69) is 10.3 Å². The summed E-state index contributed by atoms with van der Waals surface area (Å²) in [7, 11) is 0. The number of hydrogen-bond donors (Lipinski definition) is 1. The van der Waals surface area contributed by atoms with Crippen molar-refractivity contribution in [1.82, 2.24) is 4.98 Å². The normalized spacial score (nSPS) is 11.3. The molecule has 0 unspecified atom stereocenters. The zero-order valence-electron chi connectivity index (χ0n) is 13.6. The van der Waals surface area contributed by atoms with Crippen LogP contribution in [-0.4, -0.2) is 24.4 Å². The highest BCUT2D eigenvalue weighted by Gasteiger charge is 2.33. The van der Waals surface area contributed by atoms with Crippen LogP contribution >= 0.6 is 0 Å². The molecule has 0 aliphatic heterocycles. The average molecular weight is 360 g/mol. The first-order chi connectivity index (χ1) is 12.5. The van der Waals surface area contributed by atoms with Gasteiger partial charge in [0.25, 0.3) is 0 Å². The zero-order chi connectivity index (χ0) is 18.6. The first-order valence-electron chi connectivity index (χ1n) is 7.86. The number of carbonyl (C=O) groups excluding carboxylic acids is 1. The van der Waals surface area contributed by atoms with Gasteiger partial charge < -0.3 is 10.1 Å². The molecule has 2 aromatic carbocycles. The number of alkyl halides is 3. The molecule has 134 valence electrons. The third-order valence-electron chi connectivity index (χ3n) is 3.71. The third-order valence-corrected chi connectivity index (χ3v) is 3.71. The van der Waals surface area contributed by atoms with Gasteiger partial charge in [0.15, 0.2) is 0 Å². The van der Waals surface area contributed by atoms with E-state index < -0.39 is 11.9 Å². The summed E-state index contributed by atoms with van der Waals surface area (Å²) >= 11 is 0. The van der Waals surface area contributed by atoms with Crippen molar-refractivity contribution in [3.63, 3.8) is 0 Å². The summed E-state index contributed by atoms with van der Waals surface area (Å²) in [5.74, 6) is 0.577. The topological polar surface area (TPSA) is 51.2 Å². The van der Waals surface area contributed by atoms with E-state index in [-0.39, 0.29) is 12.1 Å². The molecule has 1 N–H and O–H groups in total. The molecule has 0 saturated heterocycles. The largest absolute Gasteiger partial charge is 0.492 e. The minimum absolute atomic E-state index is 0.248. The lowest BCUT2D eigenvalue weighted by atomic mass is 10.1. The maximum absolute atomic E-state index is 13.0. The van der Waals surface area contributed by atoms with Crippen LogP contribution in [0.4, 0.5) is 18.9 Å². The number of fused-ring (bicyclic) bond motifs is 1. The van der Waals surface area contributed by atoms with Crippen LogP contribution in [-0.2, 0) is 6.18 Å². The van der Waals surface area contributed by atoms with Gasteiger partial charge in [0.1, 0.15) is 24.3 Å². The number of nitrogens with zero attached hydrogens (tertiary/aromatic N) is 1. The molecule has 1 aromatic heterocycles. The highest BCUT2D eigenvalue weighted by molar-refractivity contribution is 5.91. The first-order valence-corrected chi connectivity index (χ1v) is 7.86. The summed E-state index contributed by atoms with van der Waals surface area (Å²) in [6.07, 6.45) is -3.78. The number of pyridine rings is 1. The summed E-state index contributed by atoms with van der Waals surface area (Å²) in [6, 6.07) is 14.2. The van der Waals surface area contributed by atoms with Gasteiger partial charge in [-0.3, -0.25) is 4.79 Å². The molecule has 3 rings (SSSR count). The molecule has 0 aliphatic rings. The lowest BCUT2D eigenvalue weighted by Gasteiger charge is -2.14. The number of rotatable bonds is 6. The Balaban J connectivity index is 1.70. The molecule has 4 nitrogen and oxygen atoms in total. The maximum Gasteiger partial charge on any atom is 0.433 e. The van der Waals surface area contributed by atoms with Gasteiger partial charge in [-0.2, -0.15) is 13.2 Å². The van der Waals surface area contributed by atoms with Gasteiger partial charge in [0, 0.05) is 23.2 Å². The summed E-state index contributed by atoms with van der Waals surface area (Å²) < 4.78 is 44.6. The van der Waals surface area contributed by atoms with Gasteiger partial charge >= 0.3 is 6.18 Å². The van der Waals surface area contributed by atoms with Crippen molar-refractivity contribution >= 4 is 22.9 Å². The Kier molecular flexibility index (Phi) is 5.06. The molecule has 1 heterocycles. The van der Waals surface area contributed by atoms with Crippen LogP contribution in [0.15, 0.2) is 54.6 Å². The predicted octanol–water partition coefficient (Wildman–Crippen LogP) is 4.56. The van der Waals surface area contributed by atoms with Crippen molar-refractivity contribution in [2.75, 3.05) is 18.5 Å². The molecular weight excluding hydrogens is 345 g/mol. The van der Waals surface area contributed by atoms with Gasteiger partial charge in [-0.1, -0.05) is 18.2 Å². The second-order valence-electron chi connectivity index (χ2n) is 5.53. The number of aldehydes is 1. The maximum atomic E-state index is 13.0. The van der Waals surface area contributed by atoms with Crippen molar-refractivity contribution in [3.8, 4) is 5.75 Å². The number of nitrogens with one attached hydrogen (secondary N) is 1. The molecule has 0 spiro atoms. The minimum atomic E-state index is -4.52. The third kappa shape index (κ3) is 4.11. The number of para-hydroxylation sites is 1. The van der Waals surface area contributed by atoms with E-state index in [0.29, 0.717) is 28.9 Å². The van der Waals surface area contributed by atoms with Gasteiger partial charge in [-0.25, -0.2) is 4.98 Å². The highest BCUT2D eigenvalue weighted by Crippen LogP contribution is 2.32. The second-order valence-corrected chi connectivity index (χ2v) is 5.53. The molecule has 7 heteroatoms. The van der Waals surface area contributed by atoms with E-state index in [4.69, 9.17) is 4.74 Å². The Labute approximate surface area is 147 Å². The molecule has 3 aromatic rings. The fourth-order valence-corrected chi connectivity index (χ4v) is 2.46. The van der Waals surface area contributed by atoms with Crippen molar-refractivity contribution in [2.24, 2.45) is 0 Å². The minimum Gasteiger partial charge on any atom is -0.492 e. The quantitative estimate of drug-likeness (QED) is 0.517. The summed E-state index contributed by atoms with van der Waals surface area (Å²) in [4.78, 5) is 14.3. The van der Waals surface area contributed by atoms with Crippen molar-refractivity contribution in [1.29, 1.82) is 0 Å². The monoisotopic (exact) mass is 360 g/mol. The summed E-state index contributed by atoms with van der Waals surface area (Å²) in [5.41, 5.74) is 0.223. The fourth-order valence-electron chi connectivity index (χ4n) is 2.46. The van der Waals surface area contributed by atoms with Crippen LogP contribution in [0.3, 0.4) is 0 Å². The van der Waals surface area contributed by atoms with Crippen LogP contribution in [0.5, 0.6) is 5.75 Å². The van der Waals surface area contributed by atoms with Crippen LogP contribution in [0.1, 0.15) is 16.1 Å². The average Bonchev–Trinajstić information content (AvgIpc) is 2.64. The van der Waals surface area contributed by atoms with Crippen molar-refractivity contribution in [2.45, 2.75) is 6.18 Å². The van der Waals surface area contributed by atoms with Gasteiger partial charge in [-0.15, -0.1) is 0 Å². The van der Waals surface area contributed by atoms with Crippen LogP contribution in [0.2, 0.25) is 0 Å². The lowest BCUT2D eigenvalue weighted by Crippen LogP contribution is -2.14.